The van der Waals surface area contributed by atoms with Gasteiger partial charge in [-0.15, -0.1) is 0 Å². The molecule has 4 aliphatic carbocycles. The Morgan fingerprint density at radius 2 is 1.65 bits per heavy atom. The Labute approximate surface area is 200 Å². The summed E-state index contributed by atoms with van der Waals surface area (Å²) in [7, 11) is 0. The number of aliphatic hydroxyl groups excluding tert-OH is 5. The predicted molar refractivity (Wildman–Crippen MR) is 118 cm³/mol. The highest BCUT2D eigenvalue weighted by atomic mass is 16.7. The Bertz CT molecular complexity index is 792. The third-order valence-electron chi connectivity index (χ3n) is 10.6. The first kappa shape index (κ1) is 24.9. The molecule has 6 N–H and O–H groups in total. The van der Waals surface area contributed by atoms with Crippen molar-refractivity contribution in [3.8, 4) is 0 Å². The second-order valence-electron chi connectivity index (χ2n) is 12.2. The lowest BCUT2D eigenvalue weighted by molar-refractivity contribution is -0.310. The number of fused-ring (bicyclic) bond motifs is 5. The molecule has 5 rings (SSSR count). The van der Waals surface area contributed by atoms with E-state index < -0.39 is 42.8 Å². The summed E-state index contributed by atoms with van der Waals surface area (Å²) in [6, 6.07) is 0. The fourth-order valence-electron chi connectivity index (χ4n) is 8.80. The van der Waals surface area contributed by atoms with Gasteiger partial charge in [0.05, 0.1) is 18.3 Å². The summed E-state index contributed by atoms with van der Waals surface area (Å²) in [5.41, 5.74) is -0.257. The first-order valence-electron chi connectivity index (χ1n) is 12.9. The van der Waals surface area contributed by atoms with Gasteiger partial charge in [0, 0.05) is 0 Å². The van der Waals surface area contributed by atoms with Crippen molar-refractivity contribution in [2.75, 3.05) is 0 Å². The van der Waals surface area contributed by atoms with Crippen LogP contribution in [0, 0.1) is 34.5 Å². The fraction of sp³-hybridized carbons (Fsp3) is 0.960. The molecular formula is C25H40O9. The van der Waals surface area contributed by atoms with Crippen LogP contribution in [0.2, 0.25) is 0 Å². The molecule has 0 bridgehead atoms. The molecule has 5 aliphatic rings. The second-order valence-corrected chi connectivity index (χ2v) is 12.2. The van der Waals surface area contributed by atoms with Gasteiger partial charge in [0.1, 0.15) is 18.3 Å². The number of aliphatic hydroxyl groups is 5. The van der Waals surface area contributed by atoms with E-state index in [1.54, 1.807) is 0 Å². The van der Waals surface area contributed by atoms with Crippen molar-refractivity contribution in [3.63, 3.8) is 0 Å². The summed E-state index contributed by atoms with van der Waals surface area (Å²) in [5, 5.41) is 61.6. The van der Waals surface area contributed by atoms with Crippen LogP contribution < -0.4 is 0 Å². The third kappa shape index (κ3) is 3.66. The number of carboxylic acid groups (broad SMARTS) is 1. The Morgan fingerprint density at radius 3 is 2.35 bits per heavy atom. The van der Waals surface area contributed by atoms with E-state index in [2.05, 4.69) is 13.8 Å². The molecule has 5 fully saturated rings. The standard InChI is InChI=1S/C25H40O9/c1-24-8-7-12(33-23-20(30)18(28)19(29)21(34-23)22(31)32)9-11(24)3-4-13-14-5-6-16(27)25(14,2)10-15(26)17(13)24/h11-21,23,26-30H,3-10H2,1-2H3,(H,31,32)/t11-,12+,13-,14-,15-,16-,17+,18-,19-,20+,21?,23+,24-,25-/m0/s1. The molecule has 1 heterocycles. The van der Waals surface area contributed by atoms with Gasteiger partial charge in [0.25, 0.3) is 0 Å². The summed E-state index contributed by atoms with van der Waals surface area (Å²) >= 11 is 0. The van der Waals surface area contributed by atoms with Crippen LogP contribution in [0.15, 0.2) is 0 Å². The molecule has 0 spiro atoms. The maximum Gasteiger partial charge on any atom is 0.335 e. The zero-order chi connectivity index (χ0) is 24.6. The minimum Gasteiger partial charge on any atom is -0.479 e. The van der Waals surface area contributed by atoms with Gasteiger partial charge in [0.2, 0.25) is 0 Å². The van der Waals surface area contributed by atoms with E-state index in [0.29, 0.717) is 37.0 Å². The Kier molecular flexibility index (Phi) is 6.32. The molecule has 0 aromatic rings. The molecule has 0 amide bonds. The molecule has 1 aliphatic heterocycles. The van der Waals surface area contributed by atoms with Crippen molar-refractivity contribution in [2.45, 2.75) is 114 Å². The van der Waals surface area contributed by atoms with E-state index in [9.17, 15) is 35.4 Å². The van der Waals surface area contributed by atoms with E-state index in [0.717, 1.165) is 32.1 Å². The van der Waals surface area contributed by atoms with E-state index >= 15 is 0 Å². The fourth-order valence-corrected chi connectivity index (χ4v) is 8.80. The van der Waals surface area contributed by atoms with Gasteiger partial charge in [0.15, 0.2) is 12.4 Å². The molecular weight excluding hydrogens is 444 g/mol. The monoisotopic (exact) mass is 484 g/mol. The third-order valence-corrected chi connectivity index (χ3v) is 10.6. The van der Waals surface area contributed by atoms with Gasteiger partial charge in [-0.05, 0) is 85.9 Å². The highest BCUT2D eigenvalue weighted by Gasteiger charge is 2.63. The highest BCUT2D eigenvalue weighted by molar-refractivity contribution is 5.73. The molecule has 14 atom stereocenters. The predicted octanol–water partition coefficient (Wildman–Crippen LogP) is 0.638. The Morgan fingerprint density at radius 1 is 0.912 bits per heavy atom. The summed E-state index contributed by atoms with van der Waals surface area (Å²) in [6.45, 7) is 4.44. The summed E-state index contributed by atoms with van der Waals surface area (Å²) in [4.78, 5) is 11.4. The van der Waals surface area contributed by atoms with Gasteiger partial charge >= 0.3 is 5.97 Å². The number of hydrogen-bond donors (Lipinski definition) is 6. The average Bonchev–Trinajstić information content (AvgIpc) is 3.07. The molecule has 0 aromatic heterocycles. The van der Waals surface area contributed by atoms with Crippen molar-refractivity contribution >= 4 is 5.97 Å². The van der Waals surface area contributed by atoms with Crippen molar-refractivity contribution < 1.29 is 44.9 Å². The number of aliphatic carboxylic acids is 1. The number of rotatable bonds is 3. The van der Waals surface area contributed by atoms with Crippen LogP contribution >= 0.6 is 0 Å². The van der Waals surface area contributed by atoms with Gasteiger partial charge < -0.3 is 40.1 Å². The van der Waals surface area contributed by atoms with E-state index in [1.807, 2.05) is 0 Å². The molecule has 4 saturated carbocycles. The molecule has 1 saturated heterocycles. The summed E-state index contributed by atoms with van der Waals surface area (Å²) in [6.07, 6.45) is -2.28. The minimum atomic E-state index is -1.73. The topological polar surface area (TPSA) is 157 Å². The molecule has 0 aromatic carbocycles. The number of ether oxygens (including phenoxy) is 2. The van der Waals surface area contributed by atoms with Crippen LogP contribution in [0.4, 0.5) is 0 Å². The number of carboxylic acids is 1. The quantitative estimate of drug-likeness (QED) is 0.316. The molecule has 9 heteroatoms. The zero-order valence-corrected chi connectivity index (χ0v) is 20.0. The first-order chi connectivity index (χ1) is 16.0. The zero-order valence-electron chi connectivity index (χ0n) is 20.0. The maximum absolute atomic E-state index is 11.4. The molecule has 194 valence electrons. The van der Waals surface area contributed by atoms with Crippen LogP contribution in [0.3, 0.4) is 0 Å². The van der Waals surface area contributed by atoms with E-state index in [-0.39, 0.29) is 29.0 Å². The minimum absolute atomic E-state index is 0.0532. The average molecular weight is 485 g/mol. The van der Waals surface area contributed by atoms with Gasteiger partial charge in [-0.25, -0.2) is 4.79 Å². The normalized spacial score (nSPS) is 57.4. The van der Waals surface area contributed by atoms with Gasteiger partial charge in [-0.2, -0.15) is 0 Å². The largest absolute Gasteiger partial charge is 0.479 e. The maximum atomic E-state index is 11.4. The van der Waals surface area contributed by atoms with Crippen LogP contribution in [0.5, 0.6) is 0 Å². The molecule has 0 radical (unpaired) electrons. The van der Waals surface area contributed by atoms with Crippen molar-refractivity contribution in [1.29, 1.82) is 0 Å². The van der Waals surface area contributed by atoms with E-state index in [4.69, 9.17) is 9.47 Å². The Balaban J connectivity index is 1.29. The van der Waals surface area contributed by atoms with Crippen molar-refractivity contribution in [3.05, 3.63) is 0 Å². The van der Waals surface area contributed by atoms with Gasteiger partial charge in [-0.3, -0.25) is 0 Å². The number of hydrogen-bond acceptors (Lipinski definition) is 8. The Hall–Kier alpha value is -0.810. The number of carbonyl (C=O) groups is 1. The van der Waals surface area contributed by atoms with E-state index in [1.165, 1.54) is 0 Å². The second kappa shape index (κ2) is 8.64. The van der Waals surface area contributed by atoms with Crippen molar-refractivity contribution in [2.24, 2.45) is 34.5 Å². The lowest BCUT2D eigenvalue weighted by Gasteiger charge is -2.62. The lowest BCUT2D eigenvalue weighted by Crippen LogP contribution is -2.62. The van der Waals surface area contributed by atoms with Crippen LogP contribution in [-0.2, 0) is 14.3 Å². The smallest absolute Gasteiger partial charge is 0.335 e. The highest BCUT2D eigenvalue weighted by Crippen LogP contribution is 2.66. The van der Waals surface area contributed by atoms with Crippen LogP contribution in [0.1, 0.15) is 65.2 Å². The first-order valence-corrected chi connectivity index (χ1v) is 12.9. The lowest BCUT2D eigenvalue weighted by atomic mass is 9.44. The van der Waals surface area contributed by atoms with Crippen LogP contribution in [0.25, 0.3) is 0 Å². The van der Waals surface area contributed by atoms with Gasteiger partial charge in [-0.1, -0.05) is 13.8 Å². The summed E-state index contributed by atoms with van der Waals surface area (Å²) in [5.74, 6) is -0.0860. The molecule has 34 heavy (non-hydrogen) atoms. The molecule has 1 unspecified atom stereocenters. The van der Waals surface area contributed by atoms with Crippen LogP contribution in [-0.4, -0.2) is 85.6 Å². The molecule has 9 nitrogen and oxygen atoms in total. The SMILES string of the molecule is C[C@]12CC[C@@H](O[C@@H]3OC(C(=O)O)[C@@H](O)[C@H](O)[C@H]3O)C[C@@H]1CC[C@@H]1[C@@H]2[C@@H](O)C[C@]2(C)[C@@H](O)CC[C@@H]12. The summed E-state index contributed by atoms with van der Waals surface area (Å²) < 4.78 is 11.3. The van der Waals surface area contributed by atoms with Crippen molar-refractivity contribution in [1.82, 2.24) is 0 Å².